The predicted molar refractivity (Wildman–Crippen MR) is 87.1 cm³/mol. The molecule has 2 rings (SSSR count). The lowest BCUT2D eigenvalue weighted by Crippen LogP contribution is -2.48. The number of hydrogen-bond donors (Lipinski definition) is 0. The molecule has 0 aliphatic carbocycles. The molecule has 2 fully saturated rings. The molecular weight excluding hydrogens is 296 g/mol. The van der Waals surface area contributed by atoms with Gasteiger partial charge in [-0.1, -0.05) is 0 Å². The molecule has 3 atom stereocenters. The monoisotopic (exact) mass is 326 g/mol. The van der Waals surface area contributed by atoms with Crippen LogP contribution in [0, 0.1) is 5.92 Å². The highest BCUT2D eigenvalue weighted by atomic mass is 16.6. The van der Waals surface area contributed by atoms with Gasteiger partial charge in [0.25, 0.3) is 0 Å². The van der Waals surface area contributed by atoms with Crippen LogP contribution in [0.5, 0.6) is 0 Å². The van der Waals surface area contributed by atoms with E-state index >= 15 is 0 Å². The van der Waals surface area contributed by atoms with Crippen LogP contribution in [0.2, 0.25) is 0 Å². The van der Waals surface area contributed by atoms with Gasteiger partial charge >= 0.3 is 12.1 Å². The number of ether oxygens (including phenoxy) is 2. The Bertz CT molecular complexity index is 446. The summed E-state index contributed by atoms with van der Waals surface area (Å²) in [4.78, 5) is 27.9. The summed E-state index contributed by atoms with van der Waals surface area (Å²) in [5.41, 5.74) is -0.478. The van der Waals surface area contributed by atoms with Gasteiger partial charge in [-0.25, -0.2) is 4.79 Å². The number of amides is 1. The lowest BCUT2D eigenvalue weighted by atomic mass is 9.95. The van der Waals surface area contributed by atoms with E-state index in [4.69, 9.17) is 9.47 Å². The Morgan fingerprint density at radius 3 is 2.70 bits per heavy atom. The Labute approximate surface area is 139 Å². The third-order valence-electron chi connectivity index (χ3n) is 4.37. The number of rotatable bonds is 3. The van der Waals surface area contributed by atoms with Gasteiger partial charge in [0, 0.05) is 26.6 Å². The van der Waals surface area contributed by atoms with Crippen LogP contribution in [0.25, 0.3) is 0 Å². The number of esters is 1. The standard InChI is InChI=1S/C17H30N2O4/c1-12-9-14(15(20)22-12)19-8-6-7-13(11-19)10-18(5)16(21)23-17(2,3)4/h12-14H,6-11H2,1-5H3/t12-,13+,14-/m1/s1. The maximum absolute atomic E-state index is 12.1. The molecule has 2 heterocycles. The summed E-state index contributed by atoms with van der Waals surface area (Å²) in [7, 11) is 1.78. The normalized spacial score (nSPS) is 29.3. The van der Waals surface area contributed by atoms with E-state index in [2.05, 4.69) is 4.90 Å². The van der Waals surface area contributed by atoms with E-state index < -0.39 is 5.60 Å². The molecule has 0 saturated carbocycles. The number of carbonyl (C=O) groups is 2. The summed E-state index contributed by atoms with van der Waals surface area (Å²) in [6.45, 7) is 9.97. The summed E-state index contributed by atoms with van der Waals surface area (Å²) >= 11 is 0. The van der Waals surface area contributed by atoms with Crippen molar-refractivity contribution < 1.29 is 19.1 Å². The summed E-state index contributed by atoms with van der Waals surface area (Å²) in [5.74, 6) is 0.267. The SMILES string of the molecule is C[C@@H]1C[C@@H](N2CCC[C@@H](CN(C)C(=O)OC(C)(C)C)C2)C(=O)O1. The van der Waals surface area contributed by atoms with E-state index in [0.717, 1.165) is 32.4 Å². The summed E-state index contributed by atoms with van der Waals surface area (Å²) in [6, 6.07) is -0.111. The molecule has 23 heavy (non-hydrogen) atoms. The first-order valence-corrected chi connectivity index (χ1v) is 8.54. The smallest absolute Gasteiger partial charge is 0.410 e. The molecule has 6 heteroatoms. The van der Waals surface area contributed by atoms with Crippen LogP contribution < -0.4 is 0 Å². The molecule has 2 aliphatic heterocycles. The fraction of sp³-hybridized carbons (Fsp3) is 0.882. The number of piperidine rings is 1. The van der Waals surface area contributed by atoms with Crippen molar-refractivity contribution in [2.45, 2.75) is 64.7 Å². The second-order valence-electron chi connectivity index (χ2n) is 7.86. The van der Waals surface area contributed by atoms with E-state index in [-0.39, 0.29) is 24.2 Å². The quantitative estimate of drug-likeness (QED) is 0.745. The van der Waals surface area contributed by atoms with E-state index in [1.54, 1.807) is 11.9 Å². The van der Waals surface area contributed by atoms with Crippen LogP contribution >= 0.6 is 0 Å². The van der Waals surface area contributed by atoms with Crippen molar-refractivity contribution in [1.82, 2.24) is 9.80 Å². The average molecular weight is 326 g/mol. The molecule has 0 bridgehead atoms. The van der Waals surface area contributed by atoms with E-state index in [1.165, 1.54) is 0 Å². The Morgan fingerprint density at radius 1 is 1.43 bits per heavy atom. The molecule has 0 unspecified atom stereocenters. The largest absolute Gasteiger partial charge is 0.461 e. The summed E-state index contributed by atoms with van der Waals surface area (Å²) in [5, 5.41) is 0. The molecule has 0 spiro atoms. The zero-order valence-corrected chi connectivity index (χ0v) is 15.0. The fourth-order valence-electron chi connectivity index (χ4n) is 3.36. The maximum atomic E-state index is 12.1. The minimum Gasteiger partial charge on any atom is -0.461 e. The highest BCUT2D eigenvalue weighted by Gasteiger charge is 2.38. The van der Waals surface area contributed by atoms with Gasteiger partial charge in [0.05, 0.1) is 0 Å². The first kappa shape index (κ1) is 18.0. The predicted octanol–water partition coefficient (Wildman–Crippen LogP) is 2.27. The van der Waals surface area contributed by atoms with E-state index in [0.29, 0.717) is 12.5 Å². The Balaban J connectivity index is 1.86. The molecule has 132 valence electrons. The van der Waals surface area contributed by atoms with Crippen LogP contribution in [-0.2, 0) is 14.3 Å². The Kier molecular flexibility index (Phi) is 5.55. The van der Waals surface area contributed by atoms with Crippen LogP contribution in [0.15, 0.2) is 0 Å². The van der Waals surface area contributed by atoms with Crippen molar-refractivity contribution in [1.29, 1.82) is 0 Å². The van der Waals surface area contributed by atoms with Gasteiger partial charge in [-0.05, 0) is 53.0 Å². The van der Waals surface area contributed by atoms with Crippen LogP contribution in [-0.4, -0.2) is 66.3 Å². The number of carbonyl (C=O) groups excluding carboxylic acids is 2. The molecule has 0 aromatic heterocycles. The summed E-state index contributed by atoms with van der Waals surface area (Å²) < 4.78 is 10.7. The molecule has 0 radical (unpaired) electrons. The van der Waals surface area contributed by atoms with Gasteiger partial charge in [0.2, 0.25) is 0 Å². The van der Waals surface area contributed by atoms with Crippen molar-refractivity contribution >= 4 is 12.1 Å². The van der Waals surface area contributed by atoms with Crippen LogP contribution in [0.4, 0.5) is 4.79 Å². The number of nitrogens with zero attached hydrogens (tertiary/aromatic N) is 2. The van der Waals surface area contributed by atoms with Crippen molar-refractivity contribution in [2.24, 2.45) is 5.92 Å². The topological polar surface area (TPSA) is 59.1 Å². The zero-order valence-electron chi connectivity index (χ0n) is 15.0. The molecule has 0 N–H and O–H groups in total. The van der Waals surface area contributed by atoms with Crippen molar-refractivity contribution in [2.75, 3.05) is 26.7 Å². The summed E-state index contributed by atoms with van der Waals surface area (Å²) in [6.07, 6.45) is 2.61. The second kappa shape index (κ2) is 7.07. The molecule has 2 aliphatic rings. The highest BCUT2D eigenvalue weighted by Crippen LogP contribution is 2.26. The Hall–Kier alpha value is -1.30. The minimum absolute atomic E-state index is 0.0114. The second-order valence-corrected chi connectivity index (χ2v) is 7.86. The van der Waals surface area contributed by atoms with Gasteiger partial charge in [-0.3, -0.25) is 9.69 Å². The van der Waals surface area contributed by atoms with Gasteiger partial charge < -0.3 is 14.4 Å². The lowest BCUT2D eigenvalue weighted by molar-refractivity contribution is -0.145. The first-order valence-electron chi connectivity index (χ1n) is 8.54. The average Bonchev–Trinajstić information content (AvgIpc) is 2.76. The zero-order chi connectivity index (χ0) is 17.2. The van der Waals surface area contributed by atoms with Gasteiger partial charge in [0.15, 0.2) is 0 Å². The van der Waals surface area contributed by atoms with Gasteiger partial charge in [-0.15, -0.1) is 0 Å². The molecule has 0 aromatic carbocycles. The van der Waals surface area contributed by atoms with E-state index in [1.807, 2.05) is 27.7 Å². The highest BCUT2D eigenvalue weighted by molar-refractivity contribution is 5.78. The fourth-order valence-corrected chi connectivity index (χ4v) is 3.36. The lowest BCUT2D eigenvalue weighted by Gasteiger charge is -2.36. The van der Waals surface area contributed by atoms with Gasteiger partial charge in [0.1, 0.15) is 17.7 Å². The Morgan fingerprint density at radius 2 is 2.13 bits per heavy atom. The van der Waals surface area contributed by atoms with Crippen LogP contribution in [0.3, 0.4) is 0 Å². The third kappa shape index (κ3) is 5.09. The number of hydrogen-bond acceptors (Lipinski definition) is 5. The molecule has 0 aromatic rings. The third-order valence-corrected chi connectivity index (χ3v) is 4.37. The number of cyclic esters (lactones) is 1. The van der Waals surface area contributed by atoms with Crippen molar-refractivity contribution in [3.63, 3.8) is 0 Å². The number of likely N-dealkylation sites (tertiary alicyclic amines) is 1. The van der Waals surface area contributed by atoms with Crippen LogP contribution in [0.1, 0.15) is 47.0 Å². The minimum atomic E-state index is -0.478. The van der Waals surface area contributed by atoms with Crippen molar-refractivity contribution in [3.05, 3.63) is 0 Å². The first-order chi connectivity index (χ1) is 10.7. The van der Waals surface area contributed by atoms with E-state index in [9.17, 15) is 9.59 Å². The molecule has 2 saturated heterocycles. The maximum Gasteiger partial charge on any atom is 0.410 e. The molecule has 1 amide bonds. The van der Waals surface area contributed by atoms with Crippen molar-refractivity contribution in [3.8, 4) is 0 Å². The molecule has 6 nitrogen and oxygen atoms in total. The van der Waals surface area contributed by atoms with Gasteiger partial charge in [-0.2, -0.15) is 0 Å². The molecular formula is C17H30N2O4.